The van der Waals surface area contributed by atoms with Crippen molar-refractivity contribution in [2.45, 2.75) is 19.4 Å². The Morgan fingerprint density at radius 2 is 1.79 bits per heavy atom. The van der Waals surface area contributed by atoms with Gasteiger partial charge in [0, 0.05) is 11.6 Å². The lowest BCUT2D eigenvalue weighted by Crippen LogP contribution is -2.25. The van der Waals surface area contributed by atoms with E-state index in [0.29, 0.717) is 39.0 Å². The van der Waals surface area contributed by atoms with E-state index < -0.39 is 5.91 Å². The third kappa shape index (κ3) is 7.64. The first-order chi connectivity index (χ1) is 16.0. The van der Waals surface area contributed by atoms with Crippen LogP contribution in [0.1, 0.15) is 23.1 Å². The van der Waals surface area contributed by atoms with Gasteiger partial charge in [0.05, 0.1) is 9.50 Å². The Hall–Kier alpha value is -2.78. The summed E-state index contributed by atoms with van der Waals surface area (Å²) in [5, 5.41) is 13.3. The van der Waals surface area contributed by atoms with Gasteiger partial charge in [-0.3, -0.25) is 4.79 Å². The molecule has 0 radical (unpaired) electrons. The van der Waals surface area contributed by atoms with Crippen molar-refractivity contribution >= 4 is 51.1 Å². The number of amides is 1. The summed E-state index contributed by atoms with van der Waals surface area (Å²) < 4.78 is 6.46. The highest BCUT2D eigenvalue weighted by atomic mass is 79.9. The van der Waals surface area contributed by atoms with E-state index in [1.807, 2.05) is 48.5 Å². The van der Waals surface area contributed by atoms with Crippen molar-refractivity contribution in [1.82, 2.24) is 5.32 Å². The molecule has 4 nitrogen and oxygen atoms in total. The van der Waals surface area contributed by atoms with Crippen molar-refractivity contribution in [3.63, 3.8) is 0 Å². The number of aryl methyl sites for hydroxylation is 1. The summed E-state index contributed by atoms with van der Waals surface area (Å²) in [4.78, 5) is 12.4. The first-order valence-corrected chi connectivity index (χ1v) is 11.8. The summed E-state index contributed by atoms with van der Waals surface area (Å²) >= 11 is 15.8. The maximum absolute atomic E-state index is 12.4. The zero-order valence-electron chi connectivity index (χ0n) is 17.7. The molecule has 33 heavy (non-hydrogen) atoms. The molecule has 0 saturated heterocycles. The second kappa shape index (κ2) is 12.5. The lowest BCUT2D eigenvalue weighted by atomic mass is 10.1. The van der Waals surface area contributed by atoms with E-state index in [1.54, 1.807) is 24.3 Å². The number of carbonyl (C=O) groups is 1. The second-order valence-electron chi connectivity index (χ2n) is 7.24. The Morgan fingerprint density at radius 1 is 1.06 bits per heavy atom. The molecule has 0 saturated carbocycles. The number of benzene rings is 3. The molecule has 7 heteroatoms. The fourth-order valence-corrected chi connectivity index (χ4v) is 4.20. The van der Waals surface area contributed by atoms with Gasteiger partial charge in [0.15, 0.2) is 5.75 Å². The topological polar surface area (TPSA) is 62.1 Å². The van der Waals surface area contributed by atoms with Gasteiger partial charge in [0.25, 0.3) is 5.91 Å². The van der Waals surface area contributed by atoms with Crippen molar-refractivity contribution in [3.8, 4) is 11.8 Å². The molecule has 0 spiro atoms. The minimum atomic E-state index is -0.416. The number of carbonyl (C=O) groups excluding carboxylic acids is 1. The number of hydrogen-bond donors (Lipinski definition) is 1. The smallest absolute Gasteiger partial charge is 0.261 e. The van der Waals surface area contributed by atoms with Crippen molar-refractivity contribution in [1.29, 1.82) is 5.26 Å². The summed E-state index contributed by atoms with van der Waals surface area (Å²) in [6, 6.07) is 22.7. The zero-order valence-corrected chi connectivity index (χ0v) is 20.8. The minimum Gasteiger partial charge on any atom is -0.486 e. The minimum absolute atomic E-state index is 0.00695. The van der Waals surface area contributed by atoms with Gasteiger partial charge in [-0.2, -0.15) is 5.26 Å². The van der Waals surface area contributed by atoms with Crippen LogP contribution in [0.4, 0.5) is 0 Å². The van der Waals surface area contributed by atoms with E-state index in [-0.39, 0.29) is 5.57 Å². The maximum Gasteiger partial charge on any atom is 0.261 e. The van der Waals surface area contributed by atoms with Gasteiger partial charge in [0.1, 0.15) is 18.2 Å². The first kappa shape index (κ1) is 24.9. The van der Waals surface area contributed by atoms with Gasteiger partial charge in [0.2, 0.25) is 0 Å². The molecule has 1 amide bonds. The van der Waals surface area contributed by atoms with Crippen LogP contribution in [0.25, 0.3) is 6.08 Å². The van der Waals surface area contributed by atoms with E-state index in [2.05, 4.69) is 21.2 Å². The summed E-state index contributed by atoms with van der Waals surface area (Å²) in [7, 11) is 0. The number of halogens is 3. The highest BCUT2D eigenvalue weighted by molar-refractivity contribution is 9.10. The number of nitrogens with one attached hydrogen (secondary N) is 1. The number of rotatable bonds is 9. The van der Waals surface area contributed by atoms with Crippen LogP contribution in [-0.4, -0.2) is 12.5 Å². The van der Waals surface area contributed by atoms with Crippen LogP contribution in [0.2, 0.25) is 10.0 Å². The molecule has 0 aliphatic heterocycles. The molecule has 3 aromatic carbocycles. The molecule has 0 atom stereocenters. The molecule has 0 fully saturated rings. The Kier molecular flexibility index (Phi) is 9.38. The predicted molar refractivity (Wildman–Crippen MR) is 136 cm³/mol. The van der Waals surface area contributed by atoms with E-state index in [1.165, 1.54) is 11.6 Å². The van der Waals surface area contributed by atoms with Crippen molar-refractivity contribution in [2.75, 3.05) is 6.54 Å². The molecule has 168 valence electrons. The monoisotopic (exact) mass is 542 g/mol. The van der Waals surface area contributed by atoms with Crippen LogP contribution in [0.5, 0.6) is 5.75 Å². The average Bonchev–Trinajstić information content (AvgIpc) is 2.81. The van der Waals surface area contributed by atoms with Gasteiger partial charge in [-0.25, -0.2) is 0 Å². The molecule has 0 unspecified atom stereocenters. The van der Waals surface area contributed by atoms with E-state index in [9.17, 15) is 10.1 Å². The molecule has 0 aliphatic rings. The average molecular weight is 544 g/mol. The normalized spacial score (nSPS) is 11.0. The van der Waals surface area contributed by atoms with Crippen LogP contribution in [0, 0.1) is 11.3 Å². The Labute approximate surface area is 211 Å². The van der Waals surface area contributed by atoms with Crippen LogP contribution in [-0.2, 0) is 17.8 Å². The molecule has 0 heterocycles. The fourth-order valence-electron chi connectivity index (χ4n) is 3.09. The second-order valence-corrected chi connectivity index (χ2v) is 8.94. The molecule has 3 rings (SSSR count). The van der Waals surface area contributed by atoms with E-state index >= 15 is 0 Å². The maximum atomic E-state index is 12.4. The molecule has 3 aromatic rings. The van der Waals surface area contributed by atoms with Crippen LogP contribution < -0.4 is 10.1 Å². The zero-order chi connectivity index (χ0) is 23.6. The lowest BCUT2D eigenvalue weighted by Gasteiger charge is -2.11. The third-order valence-electron chi connectivity index (χ3n) is 4.76. The van der Waals surface area contributed by atoms with Crippen LogP contribution >= 0.6 is 39.1 Å². The molecular formula is C26H21BrCl2N2O2. The van der Waals surface area contributed by atoms with Crippen molar-refractivity contribution in [2.24, 2.45) is 0 Å². The van der Waals surface area contributed by atoms with Gasteiger partial charge in [-0.05, 0) is 75.8 Å². The SMILES string of the molecule is N#C/C(=C/c1cc(Cl)c(OCc2ccc(Cl)cc2)c(Br)c1)C(=O)NCCCc1ccccc1. The number of hydrogen-bond acceptors (Lipinski definition) is 3. The molecule has 0 bridgehead atoms. The number of nitriles is 1. The summed E-state index contributed by atoms with van der Waals surface area (Å²) in [6.45, 7) is 0.800. The van der Waals surface area contributed by atoms with Crippen LogP contribution in [0.15, 0.2) is 76.8 Å². The largest absolute Gasteiger partial charge is 0.486 e. The number of ether oxygens (including phenoxy) is 1. The van der Waals surface area contributed by atoms with Gasteiger partial charge < -0.3 is 10.1 Å². The Bertz CT molecular complexity index is 1150. The molecule has 0 aromatic heterocycles. The number of nitrogens with zero attached hydrogens (tertiary/aromatic N) is 1. The van der Waals surface area contributed by atoms with Gasteiger partial charge in [-0.15, -0.1) is 0 Å². The Balaban J connectivity index is 1.60. The molecular weight excluding hydrogens is 523 g/mol. The molecule has 1 N–H and O–H groups in total. The highest BCUT2D eigenvalue weighted by Crippen LogP contribution is 2.35. The summed E-state index contributed by atoms with van der Waals surface area (Å²) in [6.07, 6.45) is 3.14. The lowest BCUT2D eigenvalue weighted by molar-refractivity contribution is -0.117. The molecule has 0 aliphatic carbocycles. The standard InChI is InChI=1S/C26H21BrCl2N2O2/c27-23-14-20(15-24(29)25(23)33-17-19-8-10-22(28)11-9-19)13-21(16-30)26(32)31-12-4-7-18-5-2-1-3-6-18/h1-3,5-6,8-11,13-15H,4,7,12,17H2,(H,31,32)/b21-13-. The van der Waals surface area contributed by atoms with Crippen LogP contribution in [0.3, 0.4) is 0 Å². The van der Waals surface area contributed by atoms with Crippen molar-refractivity contribution < 1.29 is 9.53 Å². The summed E-state index contributed by atoms with van der Waals surface area (Å²) in [5.41, 5.74) is 2.77. The van der Waals surface area contributed by atoms with E-state index in [4.69, 9.17) is 27.9 Å². The predicted octanol–water partition coefficient (Wildman–Crippen LogP) is 6.99. The van der Waals surface area contributed by atoms with Gasteiger partial charge >= 0.3 is 0 Å². The third-order valence-corrected chi connectivity index (χ3v) is 5.89. The van der Waals surface area contributed by atoms with Crippen molar-refractivity contribution in [3.05, 3.63) is 104 Å². The quantitative estimate of drug-likeness (QED) is 0.180. The summed E-state index contributed by atoms with van der Waals surface area (Å²) in [5.74, 6) is 0.0634. The fraction of sp³-hybridized carbons (Fsp3) is 0.154. The Morgan fingerprint density at radius 3 is 2.45 bits per heavy atom. The van der Waals surface area contributed by atoms with Gasteiger partial charge in [-0.1, -0.05) is 65.7 Å². The first-order valence-electron chi connectivity index (χ1n) is 10.3. The highest BCUT2D eigenvalue weighted by Gasteiger charge is 2.12. The van der Waals surface area contributed by atoms with E-state index in [0.717, 1.165) is 18.4 Å².